The number of aromatic nitrogens is 5. The Morgan fingerprint density at radius 3 is 2.85 bits per heavy atom. The number of nitrogens with one attached hydrogen (secondary N) is 2. The van der Waals surface area contributed by atoms with E-state index >= 15 is 0 Å². The first kappa shape index (κ1) is 15.6. The van der Waals surface area contributed by atoms with E-state index in [0.29, 0.717) is 5.95 Å². The zero-order chi connectivity index (χ0) is 18.1. The van der Waals surface area contributed by atoms with Crippen molar-refractivity contribution in [2.75, 3.05) is 11.9 Å². The minimum absolute atomic E-state index is 0.616. The van der Waals surface area contributed by atoms with Crippen LogP contribution in [0.4, 0.5) is 5.95 Å². The van der Waals surface area contributed by atoms with Crippen molar-refractivity contribution >= 4 is 27.9 Å². The fourth-order valence-electron chi connectivity index (χ4n) is 3.36. The predicted octanol–water partition coefficient (Wildman–Crippen LogP) is 3.95. The second-order valence-electron chi connectivity index (χ2n) is 6.38. The minimum Gasteiger partial charge on any atom is -0.361 e. The molecule has 3 aromatic heterocycles. The molecule has 3 heterocycles. The van der Waals surface area contributed by atoms with Gasteiger partial charge in [-0.15, -0.1) is 0 Å². The smallest absolute Gasteiger partial charge is 0.224 e. The van der Waals surface area contributed by atoms with Crippen molar-refractivity contribution in [3.8, 4) is 5.82 Å². The fraction of sp³-hybridized carbons (Fsp3) is 0.0952. The van der Waals surface area contributed by atoms with Crippen LogP contribution >= 0.6 is 0 Å². The van der Waals surface area contributed by atoms with E-state index < -0.39 is 0 Å². The van der Waals surface area contributed by atoms with Crippen molar-refractivity contribution in [2.45, 2.75) is 6.42 Å². The Morgan fingerprint density at radius 1 is 0.963 bits per heavy atom. The number of imidazole rings is 1. The Balaban J connectivity index is 1.34. The largest absolute Gasteiger partial charge is 0.361 e. The van der Waals surface area contributed by atoms with Crippen LogP contribution in [0, 0.1) is 0 Å². The second kappa shape index (κ2) is 6.57. The highest BCUT2D eigenvalue weighted by molar-refractivity contribution is 5.83. The number of hydrogen-bond donors (Lipinski definition) is 2. The fourth-order valence-corrected chi connectivity index (χ4v) is 3.36. The number of para-hydroxylation sites is 3. The molecule has 0 unspecified atom stereocenters. The lowest BCUT2D eigenvalue weighted by atomic mass is 10.1. The molecule has 0 aliphatic carbocycles. The van der Waals surface area contributed by atoms with Gasteiger partial charge >= 0.3 is 0 Å². The predicted molar refractivity (Wildman–Crippen MR) is 107 cm³/mol. The van der Waals surface area contributed by atoms with Gasteiger partial charge in [-0.2, -0.15) is 4.98 Å². The van der Waals surface area contributed by atoms with E-state index in [1.165, 1.54) is 10.9 Å². The zero-order valence-corrected chi connectivity index (χ0v) is 14.6. The molecule has 5 aromatic rings. The molecule has 6 heteroatoms. The lowest BCUT2D eigenvalue weighted by Crippen LogP contribution is -2.09. The second-order valence-corrected chi connectivity index (χ2v) is 6.38. The SMILES string of the molecule is c1ccc2c(c1)ncn2-c1ccnc(NCCc2c[nH]c3ccccc23)n1. The molecule has 0 amide bonds. The van der Waals surface area contributed by atoms with Crippen LogP contribution in [-0.2, 0) is 6.42 Å². The van der Waals surface area contributed by atoms with Gasteiger partial charge in [0.25, 0.3) is 0 Å². The molecule has 0 fully saturated rings. The summed E-state index contributed by atoms with van der Waals surface area (Å²) in [6.07, 6.45) is 6.53. The maximum absolute atomic E-state index is 4.64. The number of aromatic amines is 1. The molecule has 0 atom stereocenters. The summed E-state index contributed by atoms with van der Waals surface area (Å²) in [4.78, 5) is 16.7. The number of fused-ring (bicyclic) bond motifs is 2. The summed E-state index contributed by atoms with van der Waals surface area (Å²) in [6.45, 7) is 0.760. The van der Waals surface area contributed by atoms with Crippen LogP contribution in [0.25, 0.3) is 27.8 Å². The van der Waals surface area contributed by atoms with Gasteiger partial charge in [-0.3, -0.25) is 4.57 Å². The van der Waals surface area contributed by atoms with Crippen molar-refractivity contribution in [1.82, 2.24) is 24.5 Å². The van der Waals surface area contributed by atoms with Gasteiger partial charge in [0.05, 0.1) is 11.0 Å². The molecular formula is C21H18N6. The summed E-state index contributed by atoms with van der Waals surface area (Å²) in [7, 11) is 0. The lowest BCUT2D eigenvalue weighted by Gasteiger charge is -2.07. The highest BCUT2D eigenvalue weighted by atomic mass is 15.2. The van der Waals surface area contributed by atoms with Crippen LogP contribution in [0.1, 0.15) is 5.56 Å². The van der Waals surface area contributed by atoms with Crippen LogP contribution in [0.2, 0.25) is 0 Å². The molecule has 0 aliphatic rings. The van der Waals surface area contributed by atoms with Crippen LogP contribution in [-0.4, -0.2) is 31.0 Å². The molecule has 2 aromatic carbocycles. The number of hydrogen-bond acceptors (Lipinski definition) is 4. The molecule has 0 saturated carbocycles. The van der Waals surface area contributed by atoms with Crippen LogP contribution in [0.3, 0.4) is 0 Å². The van der Waals surface area contributed by atoms with Crippen molar-refractivity contribution in [1.29, 1.82) is 0 Å². The number of H-pyrrole nitrogens is 1. The van der Waals surface area contributed by atoms with Gasteiger partial charge in [0.1, 0.15) is 12.1 Å². The summed E-state index contributed by atoms with van der Waals surface area (Å²) in [5.74, 6) is 1.42. The molecule has 2 N–H and O–H groups in total. The van der Waals surface area contributed by atoms with E-state index in [1.54, 1.807) is 12.5 Å². The third-order valence-corrected chi connectivity index (χ3v) is 4.69. The third kappa shape index (κ3) is 2.91. The first-order valence-electron chi connectivity index (χ1n) is 8.93. The summed E-state index contributed by atoms with van der Waals surface area (Å²) in [6, 6.07) is 18.2. The number of nitrogens with zero attached hydrogens (tertiary/aromatic N) is 4. The normalized spacial score (nSPS) is 11.3. The number of anilines is 1. The average Bonchev–Trinajstić information content (AvgIpc) is 3.33. The highest BCUT2D eigenvalue weighted by Gasteiger charge is 2.07. The quantitative estimate of drug-likeness (QED) is 0.501. The van der Waals surface area contributed by atoms with E-state index in [1.807, 2.05) is 41.0 Å². The molecular weight excluding hydrogens is 336 g/mol. The van der Waals surface area contributed by atoms with E-state index in [0.717, 1.165) is 35.3 Å². The molecule has 132 valence electrons. The van der Waals surface area contributed by atoms with Gasteiger partial charge < -0.3 is 10.3 Å². The molecule has 0 saturated heterocycles. The standard InChI is InChI=1S/C21H18N6/c1-2-6-17-16(5-1)15(13-24-17)9-11-22-21-23-12-10-20(26-21)27-14-25-18-7-3-4-8-19(18)27/h1-8,10,12-14,24H,9,11H2,(H,22,23,26). The first-order chi connectivity index (χ1) is 13.4. The maximum Gasteiger partial charge on any atom is 0.224 e. The van der Waals surface area contributed by atoms with Gasteiger partial charge in [0, 0.05) is 29.8 Å². The Labute approximate surface area is 155 Å². The monoisotopic (exact) mass is 354 g/mol. The van der Waals surface area contributed by atoms with E-state index in [-0.39, 0.29) is 0 Å². The molecule has 0 radical (unpaired) electrons. The molecule has 5 rings (SSSR count). The van der Waals surface area contributed by atoms with Gasteiger partial charge in [0.15, 0.2) is 0 Å². The van der Waals surface area contributed by atoms with Gasteiger partial charge in [-0.25, -0.2) is 9.97 Å². The van der Waals surface area contributed by atoms with E-state index in [9.17, 15) is 0 Å². The Bertz CT molecular complexity index is 1220. The van der Waals surface area contributed by atoms with Crippen molar-refractivity contribution in [2.24, 2.45) is 0 Å². The summed E-state index contributed by atoms with van der Waals surface area (Å²) < 4.78 is 1.97. The average molecular weight is 354 g/mol. The molecule has 0 spiro atoms. The maximum atomic E-state index is 4.64. The Kier molecular flexibility index (Phi) is 3.79. The lowest BCUT2D eigenvalue weighted by molar-refractivity contribution is 0.956. The Morgan fingerprint density at radius 2 is 1.85 bits per heavy atom. The van der Waals surface area contributed by atoms with Gasteiger partial charge in [-0.1, -0.05) is 30.3 Å². The Hall–Kier alpha value is -3.67. The van der Waals surface area contributed by atoms with Gasteiger partial charge in [-0.05, 0) is 36.2 Å². The van der Waals surface area contributed by atoms with E-state index in [2.05, 4.69) is 49.6 Å². The zero-order valence-electron chi connectivity index (χ0n) is 14.6. The third-order valence-electron chi connectivity index (χ3n) is 4.69. The van der Waals surface area contributed by atoms with Crippen molar-refractivity contribution in [3.63, 3.8) is 0 Å². The first-order valence-corrected chi connectivity index (χ1v) is 8.93. The summed E-state index contributed by atoms with van der Waals surface area (Å²) in [5.41, 5.74) is 4.43. The van der Waals surface area contributed by atoms with E-state index in [4.69, 9.17) is 0 Å². The highest BCUT2D eigenvalue weighted by Crippen LogP contribution is 2.19. The molecule has 6 nitrogen and oxygen atoms in total. The van der Waals surface area contributed by atoms with Crippen LogP contribution in [0.15, 0.2) is 73.3 Å². The number of rotatable bonds is 5. The van der Waals surface area contributed by atoms with Crippen LogP contribution in [0.5, 0.6) is 0 Å². The van der Waals surface area contributed by atoms with Crippen molar-refractivity contribution in [3.05, 3.63) is 78.9 Å². The molecule has 0 bridgehead atoms. The summed E-state index contributed by atoms with van der Waals surface area (Å²) in [5, 5.41) is 4.59. The topological polar surface area (TPSA) is 71.4 Å². The van der Waals surface area contributed by atoms with Gasteiger partial charge in [0.2, 0.25) is 5.95 Å². The van der Waals surface area contributed by atoms with Crippen molar-refractivity contribution < 1.29 is 0 Å². The number of benzene rings is 2. The minimum atomic E-state index is 0.616. The molecule has 0 aliphatic heterocycles. The summed E-state index contributed by atoms with van der Waals surface area (Å²) >= 11 is 0. The van der Waals surface area contributed by atoms with Crippen LogP contribution < -0.4 is 5.32 Å². The molecule has 27 heavy (non-hydrogen) atoms.